The van der Waals surface area contributed by atoms with E-state index in [0.29, 0.717) is 10.5 Å². The third-order valence-corrected chi connectivity index (χ3v) is 9.14. The van der Waals surface area contributed by atoms with E-state index in [-0.39, 0.29) is 18.2 Å². The van der Waals surface area contributed by atoms with Gasteiger partial charge in [0, 0.05) is 68.8 Å². The van der Waals surface area contributed by atoms with Gasteiger partial charge in [-0.15, -0.1) is 0 Å². The number of methoxy groups -OCH3 is 1. The molecule has 0 N–H and O–H groups in total. The molecule has 2 aromatic heterocycles. The Morgan fingerprint density at radius 3 is 2.17 bits per heavy atom. The Bertz CT molecular complexity index is 1580. The maximum atomic E-state index is 12.6. The molecule has 0 radical (unpaired) electrons. The van der Waals surface area contributed by atoms with Gasteiger partial charge in [0.15, 0.2) is 9.84 Å². The van der Waals surface area contributed by atoms with E-state index in [9.17, 15) is 18.0 Å². The van der Waals surface area contributed by atoms with E-state index >= 15 is 0 Å². The number of carbonyl (C=O) groups is 2. The van der Waals surface area contributed by atoms with Crippen LogP contribution in [0.15, 0.2) is 47.5 Å². The van der Waals surface area contributed by atoms with Crippen LogP contribution < -0.4 is 9.80 Å². The van der Waals surface area contributed by atoms with Gasteiger partial charge >= 0.3 is 12.1 Å². The number of benzene rings is 1. The Balaban J connectivity index is 1.32. The first kappa shape index (κ1) is 29.7. The molecular weight excluding hydrogens is 558 g/mol. The predicted octanol–water partition coefficient (Wildman–Crippen LogP) is 4.12. The summed E-state index contributed by atoms with van der Waals surface area (Å²) in [5.74, 6) is 0.414. The highest BCUT2D eigenvalue weighted by Crippen LogP contribution is 2.39. The van der Waals surface area contributed by atoms with Crippen LogP contribution in [0.25, 0.3) is 11.0 Å². The molecule has 12 heteroatoms. The fourth-order valence-electron chi connectivity index (χ4n) is 5.53. The molecule has 2 fully saturated rings. The first-order chi connectivity index (χ1) is 19.7. The minimum atomic E-state index is -3.23. The smallest absolute Gasteiger partial charge is 0.410 e. The zero-order valence-corrected chi connectivity index (χ0v) is 25.8. The van der Waals surface area contributed by atoms with Gasteiger partial charge in [0.25, 0.3) is 0 Å². The van der Waals surface area contributed by atoms with Crippen molar-refractivity contribution in [3.63, 3.8) is 0 Å². The molecule has 0 bridgehead atoms. The Morgan fingerprint density at radius 1 is 0.976 bits per heavy atom. The number of carbonyl (C=O) groups excluding carboxylic acids is 2. The number of pyridine rings is 1. The van der Waals surface area contributed by atoms with E-state index < -0.39 is 21.4 Å². The van der Waals surface area contributed by atoms with E-state index in [1.807, 2.05) is 55.8 Å². The SMILES string of the molecule is COC(=O)c1cn([C@H]2C[C@@H](N(C)C(=O)OC(C)(C)C)C2)c2nc(N3CCN(c4ccc(S(C)(=O)=O)cc4)CC3)ccc12. The van der Waals surface area contributed by atoms with Gasteiger partial charge in [-0.2, -0.15) is 0 Å². The molecule has 3 heterocycles. The lowest BCUT2D eigenvalue weighted by Gasteiger charge is -2.42. The second kappa shape index (κ2) is 11.1. The quantitative estimate of drug-likeness (QED) is 0.387. The zero-order chi connectivity index (χ0) is 30.4. The summed E-state index contributed by atoms with van der Waals surface area (Å²) in [6, 6.07) is 11.0. The Hall–Kier alpha value is -3.80. The lowest BCUT2D eigenvalue weighted by Crippen LogP contribution is -2.47. The summed E-state index contributed by atoms with van der Waals surface area (Å²) < 4.78 is 36.2. The predicted molar refractivity (Wildman–Crippen MR) is 161 cm³/mol. The molecule has 1 aliphatic carbocycles. The number of hydrogen-bond acceptors (Lipinski definition) is 9. The minimum Gasteiger partial charge on any atom is -0.465 e. The second-order valence-electron chi connectivity index (χ2n) is 12.1. The monoisotopic (exact) mass is 597 g/mol. The zero-order valence-electron chi connectivity index (χ0n) is 25.0. The van der Waals surface area contributed by atoms with Gasteiger partial charge in [0.1, 0.15) is 17.1 Å². The maximum Gasteiger partial charge on any atom is 0.410 e. The number of aromatic nitrogens is 2. The third kappa shape index (κ3) is 6.04. The summed E-state index contributed by atoms with van der Waals surface area (Å²) in [5.41, 5.74) is 1.61. The van der Waals surface area contributed by atoms with Crippen molar-refractivity contribution >= 4 is 44.4 Å². The van der Waals surface area contributed by atoms with Crippen LogP contribution in [0.5, 0.6) is 0 Å². The van der Waals surface area contributed by atoms with E-state index in [4.69, 9.17) is 14.5 Å². The van der Waals surface area contributed by atoms with Crippen LogP contribution in [0.3, 0.4) is 0 Å². The average Bonchev–Trinajstić information content (AvgIpc) is 3.29. The number of fused-ring (bicyclic) bond motifs is 1. The normalized spacial score (nSPS) is 19.4. The molecule has 1 saturated heterocycles. The van der Waals surface area contributed by atoms with Crippen molar-refractivity contribution in [2.75, 3.05) is 56.4 Å². The molecular formula is C30H39N5O6S. The van der Waals surface area contributed by atoms with Gasteiger partial charge in [-0.05, 0) is 70.0 Å². The molecule has 0 spiro atoms. The van der Waals surface area contributed by atoms with E-state index in [2.05, 4.69) is 9.80 Å². The number of ether oxygens (including phenoxy) is 2. The van der Waals surface area contributed by atoms with Crippen molar-refractivity contribution in [2.24, 2.45) is 0 Å². The molecule has 11 nitrogen and oxygen atoms in total. The van der Waals surface area contributed by atoms with Crippen LogP contribution >= 0.6 is 0 Å². The topological polar surface area (TPSA) is 114 Å². The Kier molecular flexibility index (Phi) is 7.86. The fraction of sp³-hybridized carbons (Fsp3) is 0.500. The molecule has 3 aromatic rings. The summed E-state index contributed by atoms with van der Waals surface area (Å²) >= 11 is 0. The number of rotatable bonds is 6. The third-order valence-electron chi connectivity index (χ3n) is 8.01. The van der Waals surface area contributed by atoms with Crippen molar-refractivity contribution in [3.05, 3.63) is 48.2 Å². The minimum absolute atomic E-state index is 0.0339. The molecule has 5 rings (SSSR count). The van der Waals surface area contributed by atoms with Gasteiger partial charge in [-0.25, -0.2) is 23.0 Å². The number of piperazine rings is 1. The summed E-state index contributed by atoms with van der Waals surface area (Å²) in [6.45, 7) is 8.55. The summed E-state index contributed by atoms with van der Waals surface area (Å²) in [4.78, 5) is 36.6. The highest BCUT2D eigenvalue weighted by Gasteiger charge is 2.38. The van der Waals surface area contributed by atoms with Gasteiger partial charge in [0.2, 0.25) is 0 Å². The average molecular weight is 598 g/mol. The highest BCUT2D eigenvalue weighted by atomic mass is 32.2. The van der Waals surface area contributed by atoms with E-state index in [0.717, 1.165) is 61.6 Å². The van der Waals surface area contributed by atoms with Gasteiger partial charge < -0.3 is 28.7 Å². The summed E-state index contributed by atoms with van der Waals surface area (Å²) in [6.07, 6.45) is 4.14. The van der Waals surface area contributed by atoms with Crippen molar-refractivity contribution in [2.45, 2.75) is 56.2 Å². The van der Waals surface area contributed by atoms with Crippen LogP contribution in [-0.4, -0.2) is 93.2 Å². The van der Waals surface area contributed by atoms with Gasteiger partial charge in [0.05, 0.1) is 17.6 Å². The van der Waals surface area contributed by atoms with E-state index in [1.54, 1.807) is 24.1 Å². The lowest BCUT2D eigenvalue weighted by molar-refractivity contribution is 0.00809. The van der Waals surface area contributed by atoms with Gasteiger partial charge in [-0.3, -0.25) is 0 Å². The standard InChI is InChI=1S/C30H39N5O6S/c1-30(2,3)41-29(37)32(4)21-17-22(18-21)35-19-25(28(36)40-5)24-11-12-26(31-27(24)35)34-15-13-33(14-16-34)20-7-9-23(10-8-20)42(6,38)39/h7-12,19,21-22H,13-18H2,1-6H3/t21-,22+. The molecule has 1 aromatic carbocycles. The second-order valence-corrected chi connectivity index (χ2v) is 14.1. The Labute approximate surface area is 246 Å². The van der Waals surface area contributed by atoms with E-state index in [1.165, 1.54) is 13.4 Å². The molecule has 1 amide bonds. The molecule has 1 saturated carbocycles. The number of sulfone groups is 1. The van der Waals surface area contributed by atoms with Crippen LogP contribution in [-0.2, 0) is 19.3 Å². The molecule has 1 aliphatic heterocycles. The highest BCUT2D eigenvalue weighted by molar-refractivity contribution is 7.90. The first-order valence-electron chi connectivity index (χ1n) is 14.1. The van der Waals surface area contributed by atoms with Crippen LogP contribution in [0.4, 0.5) is 16.3 Å². The summed E-state index contributed by atoms with van der Waals surface area (Å²) in [7, 11) is -0.0988. The van der Waals surface area contributed by atoms with Crippen molar-refractivity contribution in [1.29, 1.82) is 0 Å². The van der Waals surface area contributed by atoms with Gasteiger partial charge in [-0.1, -0.05) is 0 Å². The summed E-state index contributed by atoms with van der Waals surface area (Å²) in [5, 5.41) is 0.735. The molecule has 226 valence electrons. The van der Waals surface area contributed by atoms with Crippen molar-refractivity contribution in [3.8, 4) is 0 Å². The number of esters is 1. The number of nitrogens with zero attached hydrogens (tertiary/aromatic N) is 5. The lowest BCUT2D eigenvalue weighted by atomic mass is 9.85. The number of hydrogen-bond donors (Lipinski definition) is 0. The number of amides is 1. The largest absolute Gasteiger partial charge is 0.465 e. The van der Waals surface area contributed by atoms with Crippen LogP contribution in [0.2, 0.25) is 0 Å². The first-order valence-corrected chi connectivity index (χ1v) is 16.0. The maximum absolute atomic E-state index is 12.6. The van der Waals surface area contributed by atoms with Crippen molar-refractivity contribution < 1.29 is 27.5 Å². The molecule has 0 atom stereocenters. The Morgan fingerprint density at radius 2 is 1.60 bits per heavy atom. The molecule has 0 unspecified atom stereocenters. The van der Waals surface area contributed by atoms with Crippen LogP contribution in [0.1, 0.15) is 50.0 Å². The molecule has 42 heavy (non-hydrogen) atoms. The fourth-order valence-corrected chi connectivity index (χ4v) is 6.16. The number of anilines is 2. The van der Waals surface area contributed by atoms with Crippen LogP contribution in [0, 0.1) is 0 Å². The van der Waals surface area contributed by atoms with Crippen molar-refractivity contribution in [1.82, 2.24) is 14.5 Å². The molecule has 2 aliphatic rings.